The van der Waals surface area contributed by atoms with Crippen molar-refractivity contribution in [1.82, 2.24) is 0 Å². The van der Waals surface area contributed by atoms with Crippen LogP contribution in [0, 0.1) is 0 Å². The van der Waals surface area contributed by atoms with E-state index in [-0.39, 0.29) is 11.7 Å². The Kier molecular flexibility index (Phi) is 4.69. The van der Waals surface area contributed by atoms with Gasteiger partial charge in [-0.15, -0.1) is 0 Å². The molecule has 0 saturated heterocycles. The van der Waals surface area contributed by atoms with Gasteiger partial charge in [0, 0.05) is 6.61 Å². The van der Waals surface area contributed by atoms with Crippen LogP contribution in [-0.4, -0.2) is 23.4 Å². The van der Waals surface area contributed by atoms with Crippen molar-refractivity contribution in [2.24, 2.45) is 0 Å². The van der Waals surface area contributed by atoms with E-state index in [9.17, 15) is 5.11 Å². The topological polar surface area (TPSA) is 29.5 Å². The summed E-state index contributed by atoms with van der Waals surface area (Å²) in [6, 6.07) is 0. The van der Waals surface area contributed by atoms with E-state index in [0.717, 1.165) is 12.8 Å². The molecule has 2 heteroatoms. The molecule has 0 radical (unpaired) electrons. The van der Waals surface area contributed by atoms with Gasteiger partial charge in [-0.2, -0.15) is 0 Å². The molecule has 0 aromatic carbocycles. The zero-order valence-corrected chi connectivity index (χ0v) is 8.05. The van der Waals surface area contributed by atoms with Crippen LogP contribution in [0.5, 0.6) is 0 Å². The molecule has 0 heterocycles. The Hall–Kier alpha value is -0.0800. The molecule has 1 N–H and O–H groups in total. The predicted octanol–water partition coefficient (Wildman–Crippen LogP) is 1.96. The summed E-state index contributed by atoms with van der Waals surface area (Å²) >= 11 is 0. The zero-order valence-electron chi connectivity index (χ0n) is 8.05. The molecule has 1 atom stereocenters. The first-order valence-corrected chi connectivity index (χ1v) is 4.36. The van der Waals surface area contributed by atoms with Crippen molar-refractivity contribution in [3.05, 3.63) is 0 Å². The third kappa shape index (κ3) is 3.73. The van der Waals surface area contributed by atoms with Crippen LogP contribution >= 0.6 is 0 Å². The van der Waals surface area contributed by atoms with E-state index in [1.807, 2.05) is 20.8 Å². The molecular weight excluding hydrogens is 140 g/mol. The number of aliphatic hydroxyl groups excluding tert-OH is 1. The van der Waals surface area contributed by atoms with Crippen LogP contribution < -0.4 is 0 Å². The second kappa shape index (κ2) is 4.73. The number of rotatable bonds is 5. The molecule has 0 rings (SSSR count). The number of ether oxygens (including phenoxy) is 1. The lowest BCUT2D eigenvalue weighted by atomic mass is 9.98. The van der Waals surface area contributed by atoms with E-state index in [2.05, 4.69) is 6.92 Å². The summed E-state index contributed by atoms with van der Waals surface area (Å²) in [6.07, 6.45) is 1.47. The highest BCUT2D eigenvalue weighted by atomic mass is 16.5. The molecule has 2 nitrogen and oxygen atoms in total. The number of aliphatic hydroxyl groups is 1. The Morgan fingerprint density at radius 2 is 1.91 bits per heavy atom. The summed E-state index contributed by atoms with van der Waals surface area (Å²) in [7, 11) is 0. The average molecular weight is 160 g/mol. The lowest BCUT2D eigenvalue weighted by Gasteiger charge is -2.30. The Labute approximate surface area is 69.6 Å². The van der Waals surface area contributed by atoms with E-state index in [4.69, 9.17) is 4.74 Å². The maximum atomic E-state index is 9.58. The molecule has 0 aromatic rings. The van der Waals surface area contributed by atoms with Gasteiger partial charge in [-0.1, -0.05) is 13.3 Å². The summed E-state index contributed by atoms with van der Waals surface area (Å²) in [6.45, 7) is 8.52. The fraction of sp³-hybridized carbons (Fsp3) is 1.00. The Balaban J connectivity index is 3.83. The molecule has 0 aliphatic heterocycles. The first kappa shape index (κ1) is 10.9. The van der Waals surface area contributed by atoms with Gasteiger partial charge in [-0.3, -0.25) is 0 Å². The number of hydrogen-bond donors (Lipinski definition) is 1. The Morgan fingerprint density at radius 3 is 2.27 bits per heavy atom. The maximum absolute atomic E-state index is 9.58. The van der Waals surface area contributed by atoms with E-state index in [1.165, 1.54) is 0 Å². The summed E-state index contributed by atoms with van der Waals surface area (Å²) in [5, 5.41) is 9.58. The van der Waals surface area contributed by atoms with Crippen LogP contribution in [0.25, 0.3) is 0 Å². The van der Waals surface area contributed by atoms with Crippen LogP contribution in [0.3, 0.4) is 0 Å². The van der Waals surface area contributed by atoms with E-state index in [1.54, 1.807) is 0 Å². The largest absolute Gasteiger partial charge is 0.390 e. The first-order valence-electron chi connectivity index (χ1n) is 4.36. The van der Waals surface area contributed by atoms with Crippen LogP contribution in [0.2, 0.25) is 0 Å². The highest BCUT2D eigenvalue weighted by molar-refractivity contribution is 4.77. The van der Waals surface area contributed by atoms with Crippen LogP contribution in [0.15, 0.2) is 0 Å². The molecule has 0 aromatic heterocycles. The highest BCUT2D eigenvalue weighted by Crippen LogP contribution is 2.18. The molecule has 0 bridgehead atoms. The fourth-order valence-electron chi connectivity index (χ4n) is 1.09. The highest BCUT2D eigenvalue weighted by Gasteiger charge is 2.26. The monoisotopic (exact) mass is 160 g/mol. The van der Waals surface area contributed by atoms with Crippen molar-refractivity contribution in [1.29, 1.82) is 0 Å². The van der Waals surface area contributed by atoms with Crippen LogP contribution in [0.1, 0.15) is 40.5 Å². The van der Waals surface area contributed by atoms with E-state index in [0.29, 0.717) is 6.61 Å². The van der Waals surface area contributed by atoms with E-state index >= 15 is 0 Å². The minimum absolute atomic E-state index is 0.340. The molecule has 68 valence electrons. The molecule has 0 amide bonds. The SMILES string of the molecule is CCCC(O)C(C)(C)OCC. The maximum Gasteiger partial charge on any atom is 0.0884 e. The second-order valence-corrected chi connectivity index (χ2v) is 3.34. The van der Waals surface area contributed by atoms with Gasteiger partial charge < -0.3 is 9.84 Å². The van der Waals surface area contributed by atoms with Gasteiger partial charge in [0.1, 0.15) is 0 Å². The molecule has 0 aliphatic rings. The van der Waals surface area contributed by atoms with Crippen molar-refractivity contribution < 1.29 is 9.84 Å². The third-order valence-electron chi connectivity index (χ3n) is 1.88. The van der Waals surface area contributed by atoms with Crippen LogP contribution in [0.4, 0.5) is 0 Å². The summed E-state index contributed by atoms with van der Waals surface area (Å²) in [4.78, 5) is 0. The summed E-state index contributed by atoms with van der Waals surface area (Å²) in [5.74, 6) is 0. The Morgan fingerprint density at radius 1 is 1.36 bits per heavy atom. The standard InChI is InChI=1S/C9H20O2/c1-5-7-8(10)9(3,4)11-6-2/h8,10H,5-7H2,1-4H3. The smallest absolute Gasteiger partial charge is 0.0884 e. The quantitative estimate of drug-likeness (QED) is 0.666. The molecule has 11 heavy (non-hydrogen) atoms. The summed E-state index contributed by atoms with van der Waals surface area (Å²) < 4.78 is 5.39. The van der Waals surface area contributed by atoms with Crippen molar-refractivity contribution in [2.45, 2.75) is 52.2 Å². The van der Waals surface area contributed by atoms with Crippen molar-refractivity contribution in [2.75, 3.05) is 6.61 Å². The number of hydrogen-bond acceptors (Lipinski definition) is 2. The average Bonchev–Trinajstić information content (AvgIpc) is 1.88. The fourth-order valence-corrected chi connectivity index (χ4v) is 1.09. The van der Waals surface area contributed by atoms with E-state index < -0.39 is 0 Å². The van der Waals surface area contributed by atoms with Gasteiger partial charge in [0.15, 0.2) is 0 Å². The predicted molar refractivity (Wildman–Crippen MR) is 46.6 cm³/mol. The lowest BCUT2D eigenvalue weighted by molar-refractivity contribution is -0.0987. The lowest BCUT2D eigenvalue weighted by Crippen LogP contribution is -2.38. The third-order valence-corrected chi connectivity index (χ3v) is 1.88. The minimum Gasteiger partial charge on any atom is -0.390 e. The molecule has 0 fully saturated rings. The summed E-state index contributed by atoms with van der Waals surface area (Å²) in [5.41, 5.74) is -0.384. The normalized spacial score (nSPS) is 15.0. The van der Waals surface area contributed by atoms with Gasteiger partial charge in [-0.25, -0.2) is 0 Å². The molecular formula is C9H20O2. The second-order valence-electron chi connectivity index (χ2n) is 3.34. The van der Waals surface area contributed by atoms with Crippen molar-refractivity contribution >= 4 is 0 Å². The zero-order chi connectivity index (χ0) is 8.91. The minimum atomic E-state index is -0.384. The Bertz CT molecular complexity index is 99.7. The van der Waals surface area contributed by atoms with Gasteiger partial charge in [0.05, 0.1) is 11.7 Å². The molecule has 1 unspecified atom stereocenters. The molecule has 0 aliphatic carbocycles. The van der Waals surface area contributed by atoms with Crippen LogP contribution in [-0.2, 0) is 4.74 Å². The first-order chi connectivity index (χ1) is 5.04. The van der Waals surface area contributed by atoms with Crippen molar-refractivity contribution in [3.63, 3.8) is 0 Å². The molecule has 0 spiro atoms. The van der Waals surface area contributed by atoms with Gasteiger partial charge in [0.25, 0.3) is 0 Å². The van der Waals surface area contributed by atoms with Gasteiger partial charge in [0.2, 0.25) is 0 Å². The van der Waals surface area contributed by atoms with Gasteiger partial charge in [-0.05, 0) is 27.2 Å². The molecule has 0 saturated carbocycles. The van der Waals surface area contributed by atoms with Gasteiger partial charge >= 0.3 is 0 Å². The van der Waals surface area contributed by atoms with Crippen molar-refractivity contribution in [3.8, 4) is 0 Å².